The van der Waals surface area contributed by atoms with Crippen molar-refractivity contribution in [3.8, 4) is 0 Å². The number of rotatable bonds is 1. The van der Waals surface area contributed by atoms with Crippen LogP contribution in [0.5, 0.6) is 0 Å². The van der Waals surface area contributed by atoms with Crippen molar-refractivity contribution in [3.63, 3.8) is 0 Å². The second-order valence-corrected chi connectivity index (χ2v) is 9.59. The summed E-state index contributed by atoms with van der Waals surface area (Å²) in [5.74, 6) is 0.713. The van der Waals surface area contributed by atoms with Crippen LogP contribution in [-0.4, -0.2) is 23.1 Å². The summed E-state index contributed by atoms with van der Waals surface area (Å²) in [4.78, 5) is 8.14. The fraction of sp³-hybridized carbons (Fsp3) is 0.290. The summed E-state index contributed by atoms with van der Waals surface area (Å²) in [6.07, 6.45) is 11.2. The van der Waals surface area contributed by atoms with Crippen molar-refractivity contribution in [3.05, 3.63) is 95.8 Å². The minimum absolute atomic E-state index is 0.713. The minimum atomic E-state index is 0.713. The molecular formula is C31H31N3. The van der Waals surface area contributed by atoms with Crippen molar-refractivity contribution in [2.75, 3.05) is 13.1 Å². The number of aromatic nitrogens is 2. The van der Waals surface area contributed by atoms with E-state index in [1.54, 1.807) is 29.1 Å². The number of piperidine rings is 1. The number of fused-ring (bicyclic) bond motifs is 6. The average molecular weight is 446 g/mol. The van der Waals surface area contributed by atoms with Crippen LogP contribution >= 0.6 is 0 Å². The molecule has 3 aromatic carbocycles. The maximum Gasteiger partial charge on any atom is 0.159 e. The molecule has 0 atom stereocenters. The molecule has 1 aliphatic heterocycles. The van der Waals surface area contributed by atoms with E-state index in [0.717, 1.165) is 24.1 Å². The predicted molar refractivity (Wildman–Crippen MR) is 142 cm³/mol. The highest BCUT2D eigenvalue weighted by Gasteiger charge is 2.19. The second-order valence-electron chi connectivity index (χ2n) is 9.59. The molecule has 0 saturated carbocycles. The molecule has 0 spiro atoms. The highest BCUT2D eigenvalue weighted by atomic mass is 14.9. The Bertz CT molecular complexity index is 1380. The number of hydrogen-bond acceptors (Lipinski definition) is 3. The monoisotopic (exact) mass is 445 g/mol. The van der Waals surface area contributed by atoms with Crippen LogP contribution in [0.25, 0.3) is 32.6 Å². The van der Waals surface area contributed by atoms with Crippen LogP contribution < -0.4 is 5.32 Å². The number of benzene rings is 3. The van der Waals surface area contributed by atoms with Crippen molar-refractivity contribution >= 4 is 32.6 Å². The first kappa shape index (κ1) is 21.2. The van der Waals surface area contributed by atoms with Crippen LogP contribution in [0, 0.1) is 0 Å². The van der Waals surface area contributed by atoms with Gasteiger partial charge in [0, 0.05) is 17.8 Å². The first-order valence-electron chi connectivity index (χ1n) is 12.7. The molecule has 3 nitrogen and oxygen atoms in total. The lowest BCUT2D eigenvalue weighted by atomic mass is 9.83. The predicted octanol–water partition coefficient (Wildman–Crippen LogP) is 6.97. The minimum Gasteiger partial charge on any atom is -0.317 e. The molecule has 0 bridgehead atoms. The molecule has 0 unspecified atom stereocenters. The lowest BCUT2D eigenvalue weighted by Crippen LogP contribution is -2.26. The molecule has 7 rings (SSSR count). The van der Waals surface area contributed by atoms with E-state index in [1.807, 2.05) is 24.3 Å². The van der Waals surface area contributed by atoms with Crippen LogP contribution in [0.1, 0.15) is 48.3 Å². The fourth-order valence-corrected chi connectivity index (χ4v) is 5.85. The van der Waals surface area contributed by atoms with Gasteiger partial charge in [-0.25, -0.2) is 9.97 Å². The van der Waals surface area contributed by atoms with Crippen LogP contribution in [0.3, 0.4) is 0 Å². The van der Waals surface area contributed by atoms with Gasteiger partial charge in [-0.3, -0.25) is 0 Å². The normalized spacial score (nSPS) is 16.2. The largest absolute Gasteiger partial charge is 0.317 e. The Morgan fingerprint density at radius 3 is 2.15 bits per heavy atom. The summed E-state index contributed by atoms with van der Waals surface area (Å²) in [7, 11) is 0. The number of hydrogen-bond donors (Lipinski definition) is 1. The highest BCUT2D eigenvalue weighted by Crippen LogP contribution is 2.37. The van der Waals surface area contributed by atoms with Gasteiger partial charge in [0.2, 0.25) is 0 Å². The SMILES string of the molecule is c1cc(C2CCNCC2)c2ccc3c4c(ccc3c2c1)CCCC4.c1cnc2ncccc2c1. The van der Waals surface area contributed by atoms with E-state index in [4.69, 9.17) is 0 Å². The highest BCUT2D eigenvalue weighted by molar-refractivity contribution is 6.09. The third-order valence-electron chi connectivity index (χ3n) is 7.58. The van der Waals surface area contributed by atoms with E-state index in [2.05, 4.69) is 57.7 Å². The Morgan fingerprint density at radius 2 is 1.35 bits per heavy atom. The molecule has 1 aliphatic carbocycles. The lowest BCUT2D eigenvalue weighted by molar-refractivity contribution is 0.462. The zero-order valence-electron chi connectivity index (χ0n) is 19.6. The summed E-state index contributed by atoms with van der Waals surface area (Å²) in [6.45, 7) is 2.31. The van der Waals surface area contributed by atoms with Gasteiger partial charge in [-0.15, -0.1) is 0 Å². The van der Waals surface area contributed by atoms with E-state index < -0.39 is 0 Å². The molecule has 170 valence electrons. The maximum atomic E-state index is 4.07. The number of nitrogens with one attached hydrogen (secondary N) is 1. The van der Waals surface area contributed by atoms with Crippen LogP contribution in [0.2, 0.25) is 0 Å². The van der Waals surface area contributed by atoms with Gasteiger partial charge in [-0.1, -0.05) is 42.5 Å². The maximum absolute atomic E-state index is 4.07. The summed E-state index contributed by atoms with van der Waals surface area (Å²) < 4.78 is 0. The molecule has 1 N–H and O–H groups in total. The zero-order valence-corrected chi connectivity index (χ0v) is 19.6. The fourth-order valence-electron chi connectivity index (χ4n) is 5.85. The van der Waals surface area contributed by atoms with Crippen molar-refractivity contribution in [2.24, 2.45) is 0 Å². The Hall–Kier alpha value is -3.30. The summed E-state index contributed by atoms with van der Waals surface area (Å²) >= 11 is 0. The van der Waals surface area contributed by atoms with Gasteiger partial charge in [0.25, 0.3) is 0 Å². The van der Waals surface area contributed by atoms with E-state index in [-0.39, 0.29) is 0 Å². The summed E-state index contributed by atoms with van der Waals surface area (Å²) in [5.41, 5.74) is 5.58. The zero-order chi connectivity index (χ0) is 22.7. The van der Waals surface area contributed by atoms with Crippen molar-refractivity contribution < 1.29 is 0 Å². The van der Waals surface area contributed by atoms with Crippen LogP contribution in [-0.2, 0) is 12.8 Å². The van der Waals surface area contributed by atoms with Gasteiger partial charge < -0.3 is 5.32 Å². The number of pyridine rings is 2. The molecule has 0 amide bonds. The Balaban J connectivity index is 0.000000182. The third-order valence-corrected chi connectivity index (χ3v) is 7.58. The topological polar surface area (TPSA) is 37.8 Å². The third kappa shape index (κ3) is 4.05. The van der Waals surface area contributed by atoms with Gasteiger partial charge in [0.1, 0.15) is 0 Å². The molecule has 34 heavy (non-hydrogen) atoms. The smallest absolute Gasteiger partial charge is 0.159 e. The average Bonchev–Trinajstić information content (AvgIpc) is 2.93. The van der Waals surface area contributed by atoms with E-state index in [0.29, 0.717) is 5.92 Å². The number of nitrogens with zero attached hydrogens (tertiary/aromatic N) is 2. The van der Waals surface area contributed by atoms with Crippen molar-refractivity contribution in [1.29, 1.82) is 0 Å². The van der Waals surface area contributed by atoms with Gasteiger partial charge in [-0.05, 0) is 120 Å². The van der Waals surface area contributed by atoms with Gasteiger partial charge >= 0.3 is 0 Å². The molecule has 1 saturated heterocycles. The van der Waals surface area contributed by atoms with Crippen molar-refractivity contribution in [2.45, 2.75) is 44.4 Å². The molecular weight excluding hydrogens is 414 g/mol. The molecule has 2 aliphatic rings. The molecule has 5 aromatic rings. The molecule has 0 radical (unpaired) electrons. The second kappa shape index (κ2) is 9.52. The van der Waals surface area contributed by atoms with Crippen LogP contribution in [0.4, 0.5) is 0 Å². The van der Waals surface area contributed by atoms with Crippen LogP contribution in [0.15, 0.2) is 79.1 Å². The Labute approximate surface area is 201 Å². The molecule has 1 fully saturated rings. The summed E-state index contributed by atoms with van der Waals surface area (Å²) in [6, 6.07) is 24.4. The summed E-state index contributed by atoms with van der Waals surface area (Å²) in [5, 5.41) is 10.5. The molecule has 3 heterocycles. The van der Waals surface area contributed by atoms with E-state index in [1.165, 1.54) is 60.1 Å². The molecule has 2 aromatic heterocycles. The van der Waals surface area contributed by atoms with Gasteiger partial charge in [-0.2, -0.15) is 0 Å². The van der Waals surface area contributed by atoms with E-state index >= 15 is 0 Å². The van der Waals surface area contributed by atoms with E-state index in [9.17, 15) is 0 Å². The van der Waals surface area contributed by atoms with Crippen molar-refractivity contribution in [1.82, 2.24) is 15.3 Å². The number of aryl methyl sites for hydroxylation is 2. The van der Waals surface area contributed by atoms with Gasteiger partial charge in [0.05, 0.1) is 0 Å². The Kier molecular flexibility index (Phi) is 5.95. The standard InChI is InChI=1S/C23H25N.C8H6N2/c1-2-5-18-16(4-1)8-9-23-20-7-3-6-19(17-12-14-24-15-13-17)21(20)10-11-22(18)23;1-3-7-4-2-6-10-8(7)9-5-1/h3,6-11,17,24H,1-2,4-5,12-15H2;1-6H. The quantitative estimate of drug-likeness (QED) is 0.283. The Morgan fingerprint density at radius 1 is 0.647 bits per heavy atom. The first-order chi connectivity index (χ1) is 16.9. The first-order valence-corrected chi connectivity index (χ1v) is 12.7. The molecule has 3 heteroatoms. The van der Waals surface area contributed by atoms with Gasteiger partial charge in [0.15, 0.2) is 5.65 Å². The lowest BCUT2D eigenvalue weighted by Gasteiger charge is -2.25.